The molecule has 1 saturated heterocycles. The van der Waals surface area contributed by atoms with E-state index < -0.39 is 0 Å². The predicted octanol–water partition coefficient (Wildman–Crippen LogP) is 3.73. The van der Waals surface area contributed by atoms with Gasteiger partial charge in [0.05, 0.1) is 18.2 Å². The van der Waals surface area contributed by atoms with Gasteiger partial charge in [-0.05, 0) is 43.0 Å². The zero-order chi connectivity index (χ0) is 16.8. The Morgan fingerprint density at radius 2 is 2.00 bits per heavy atom. The molecule has 1 amide bonds. The molecule has 0 aliphatic carbocycles. The highest BCUT2D eigenvalue weighted by atomic mass is 16.5. The first kappa shape index (κ1) is 16.5. The standard InChI is InChI=1S/C20H23NO3/c1-15-7-2-3-8-16(15)13-20(22)21-18-10-4-5-11-19(18)24-14-17-9-6-12-23-17/h2-5,7-8,10-11,17H,6,9,12-14H2,1H3,(H,21,22). The number of rotatable bonds is 6. The van der Waals surface area contributed by atoms with E-state index in [9.17, 15) is 4.79 Å². The molecule has 1 unspecified atom stereocenters. The highest BCUT2D eigenvalue weighted by Crippen LogP contribution is 2.25. The molecule has 2 aromatic carbocycles. The Kier molecular flexibility index (Phi) is 5.49. The van der Waals surface area contributed by atoms with Crippen molar-refractivity contribution in [1.82, 2.24) is 0 Å². The van der Waals surface area contributed by atoms with Crippen molar-refractivity contribution in [2.24, 2.45) is 0 Å². The molecule has 2 aromatic rings. The Morgan fingerprint density at radius 3 is 2.79 bits per heavy atom. The second-order valence-electron chi connectivity index (χ2n) is 6.09. The monoisotopic (exact) mass is 325 g/mol. The number of anilines is 1. The molecule has 1 aliphatic heterocycles. The summed E-state index contributed by atoms with van der Waals surface area (Å²) in [6.07, 6.45) is 2.62. The number of carbonyl (C=O) groups is 1. The minimum atomic E-state index is -0.0440. The van der Waals surface area contributed by atoms with Gasteiger partial charge in [-0.3, -0.25) is 4.79 Å². The largest absolute Gasteiger partial charge is 0.489 e. The summed E-state index contributed by atoms with van der Waals surface area (Å²) in [6, 6.07) is 15.5. The number of hydrogen-bond donors (Lipinski definition) is 1. The molecule has 0 spiro atoms. The Balaban J connectivity index is 1.61. The number of amides is 1. The quantitative estimate of drug-likeness (QED) is 0.880. The average molecular weight is 325 g/mol. The van der Waals surface area contributed by atoms with Crippen LogP contribution in [0, 0.1) is 6.92 Å². The van der Waals surface area contributed by atoms with Gasteiger partial charge in [-0.15, -0.1) is 0 Å². The van der Waals surface area contributed by atoms with Gasteiger partial charge in [-0.2, -0.15) is 0 Å². The van der Waals surface area contributed by atoms with E-state index in [0.717, 1.165) is 30.6 Å². The molecule has 1 fully saturated rings. The molecule has 1 atom stereocenters. The Morgan fingerprint density at radius 1 is 1.21 bits per heavy atom. The van der Waals surface area contributed by atoms with Crippen LogP contribution >= 0.6 is 0 Å². The van der Waals surface area contributed by atoms with Gasteiger partial charge in [-0.1, -0.05) is 36.4 Å². The Labute approximate surface area is 142 Å². The van der Waals surface area contributed by atoms with Crippen molar-refractivity contribution >= 4 is 11.6 Å². The van der Waals surface area contributed by atoms with Crippen LogP contribution in [-0.2, 0) is 16.0 Å². The highest BCUT2D eigenvalue weighted by molar-refractivity contribution is 5.93. The van der Waals surface area contributed by atoms with E-state index in [0.29, 0.717) is 24.5 Å². The van der Waals surface area contributed by atoms with E-state index in [2.05, 4.69) is 5.32 Å². The third-order valence-corrected chi connectivity index (χ3v) is 4.22. The number of nitrogens with one attached hydrogen (secondary N) is 1. The third-order valence-electron chi connectivity index (χ3n) is 4.22. The minimum Gasteiger partial charge on any atom is -0.489 e. The molecule has 0 radical (unpaired) electrons. The number of ether oxygens (including phenoxy) is 2. The summed E-state index contributed by atoms with van der Waals surface area (Å²) in [4.78, 5) is 12.4. The van der Waals surface area contributed by atoms with Gasteiger partial charge >= 0.3 is 0 Å². The van der Waals surface area contributed by atoms with Crippen LogP contribution in [0.3, 0.4) is 0 Å². The lowest BCUT2D eigenvalue weighted by atomic mass is 10.1. The van der Waals surface area contributed by atoms with Crippen molar-refractivity contribution < 1.29 is 14.3 Å². The molecule has 0 bridgehead atoms. The van der Waals surface area contributed by atoms with Crippen molar-refractivity contribution in [2.75, 3.05) is 18.5 Å². The maximum absolute atomic E-state index is 12.4. The SMILES string of the molecule is Cc1ccccc1CC(=O)Nc1ccccc1OCC1CCCO1. The van der Waals surface area contributed by atoms with Gasteiger partial charge in [0.25, 0.3) is 0 Å². The number of carbonyl (C=O) groups excluding carboxylic acids is 1. The molecule has 3 rings (SSSR count). The molecular weight excluding hydrogens is 302 g/mol. The second kappa shape index (κ2) is 7.97. The number of para-hydroxylation sites is 2. The smallest absolute Gasteiger partial charge is 0.228 e. The van der Waals surface area contributed by atoms with E-state index in [1.165, 1.54) is 0 Å². The normalized spacial score (nSPS) is 16.8. The second-order valence-corrected chi connectivity index (χ2v) is 6.09. The fourth-order valence-corrected chi connectivity index (χ4v) is 2.83. The van der Waals surface area contributed by atoms with Crippen molar-refractivity contribution in [3.05, 3.63) is 59.7 Å². The maximum Gasteiger partial charge on any atom is 0.228 e. The maximum atomic E-state index is 12.4. The summed E-state index contributed by atoms with van der Waals surface area (Å²) >= 11 is 0. The van der Waals surface area contributed by atoms with Gasteiger partial charge in [0.1, 0.15) is 12.4 Å². The third kappa shape index (κ3) is 4.36. The van der Waals surface area contributed by atoms with E-state index in [-0.39, 0.29) is 12.0 Å². The van der Waals surface area contributed by atoms with Gasteiger partial charge in [0.2, 0.25) is 5.91 Å². The molecule has 0 saturated carbocycles. The molecule has 1 aliphatic rings. The van der Waals surface area contributed by atoms with Gasteiger partial charge in [0, 0.05) is 6.61 Å². The summed E-state index contributed by atoms with van der Waals surface area (Å²) in [5.41, 5.74) is 2.86. The van der Waals surface area contributed by atoms with Crippen molar-refractivity contribution in [2.45, 2.75) is 32.3 Å². The van der Waals surface area contributed by atoms with Gasteiger partial charge in [-0.25, -0.2) is 0 Å². The van der Waals surface area contributed by atoms with E-state index in [1.807, 2.05) is 55.5 Å². The molecule has 0 aromatic heterocycles. The van der Waals surface area contributed by atoms with Crippen molar-refractivity contribution in [1.29, 1.82) is 0 Å². The number of hydrogen-bond acceptors (Lipinski definition) is 3. The molecule has 4 nitrogen and oxygen atoms in total. The molecule has 1 N–H and O–H groups in total. The number of benzene rings is 2. The summed E-state index contributed by atoms with van der Waals surface area (Å²) in [5.74, 6) is 0.642. The molecular formula is C20H23NO3. The van der Waals surface area contributed by atoms with Crippen LogP contribution in [0.5, 0.6) is 5.75 Å². The summed E-state index contributed by atoms with van der Waals surface area (Å²) in [6.45, 7) is 3.34. The lowest BCUT2D eigenvalue weighted by Crippen LogP contribution is -2.19. The van der Waals surface area contributed by atoms with Crippen LogP contribution in [0.1, 0.15) is 24.0 Å². The van der Waals surface area contributed by atoms with Crippen LogP contribution in [0.4, 0.5) is 5.69 Å². The number of aryl methyl sites for hydroxylation is 1. The topological polar surface area (TPSA) is 47.6 Å². The van der Waals surface area contributed by atoms with Crippen LogP contribution in [0.15, 0.2) is 48.5 Å². The van der Waals surface area contributed by atoms with Crippen LogP contribution in [0.2, 0.25) is 0 Å². The van der Waals surface area contributed by atoms with Gasteiger partial charge < -0.3 is 14.8 Å². The first-order valence-electron chi connectivity index (χ1n) is 8.40. The molecule has 126 valence electrons. The van der Waals surface area contributed by atoms with Crippen LogP contribution < -0.4 is 10.1 Å². The first-order chi connectivity index (χ1) is 11.7. The fourth-order valence-electron chi connectivity index (χ4n) is 2.83. The van der Waals surface area contributed by atoms with Gasteiger partial charge in [0.15, 0.2) is 0 Å². The van der Waals surface area contributed by atoms with Crippen molar-refractivity contribution in [3.8, 4) is 5.75 Å². The van der Waals surface area contributed by atoms with E-state index in [1.54, 1.807) is 0 Å². The zero-order valence-corrected chi connectivity index (χ0v) is 14.0. The van der Waals surface area contributed by atoms with Crippen molar-refractivity contribution in [3.63, 3.8) is 0 Å². The molecule has 1 heterocycles. The predicted molar refractivity (Wildman–Crippen MR) is 94.4 cm³/mol. The Hall–Kier alpha value is -2.33. The average Bonchev–Trinajstić information content (AvgIpc) is 3.10. The fraction of sp³-hybridized carbons (Fsp3) is 0.350. The Bertz CT molecular complexity index is 693. The van der Waals surface area contributed by atoms with E-state index in [4.69, 9.17) is 9.47 Å². The molecule has 4 heteroatoms. The summed E-state index contributed by atoms with van der Waals surface area (Å²) in [5, 5.41) is 2.96. The first-order valence-corrected chi connectivity index (χ1v) is 8.40. The lowest BCUT2D eigenvalue weighted by molar-refractivity contribution is -0.115. The zero-order valence-electron chi connectivity index (χ0n) is 14.0. The van der Waals surface area contributed by atoms with Crippen LogP contribution in [-0.4, -0.2) is 25.2 Å². The highest BCUT2D eigenvalue weighted by Gasteiger charge is 2.17. The summed E-state index contributed by atoms with van der Waals surface area (Å²) < 4.78 is 11.4. The lowest BCUT2D eigenvalue weighted by Gasteiger charge is -2.15. The minimum absolute atomic E-state index is 0.0440. The van der Waals surface area contributed by atoms with Crippen LogP contribution in [0.25, 0.3) is 0 Å². The van der Waals surface area contributed by atoms with E-state index >= 15 is 0 Å². The summed E-state index contributed by atoms with van der Waals surface area (Å²) in [7, 11) is 0. The molecule has 24 heavy (non-hydrogen) atoms.